The fourth-order valence-electron chi connectivity index (χ4n) is 4.45. The van der Waals surface area contributed by atoms with Crippen LogP contribution in [0.5, 0.6) is 0 Å². The minimum absolute atomic E-state index is 0.100. The van der Waals surface area contributed by atoms with E-state index in [0.717, 1.165) is 59.8 Å². The molecule has 6 heteroatoms. The van der Waals surface area contributed by atoms with Crippen molar-refractivity contribution in [1.82, 2.24) is 14.0 Å². The number of rotatable bonds is 9. The number of nitrogens with one attached hydrogen (secondary N) is 2. The van der Waals surface area contributed by atoms with Gasteiger partial charge in [0.15, 0.2) is 0 Å². The summed E-state index contributed by atoms with van der Waals surface area (Å²) in [6, 6.07) is 17.9. The quantitative estimate of drug-likeness (QED) is 0.347. The minimum atomic E-state index is -0.100. The van der Waals surface area contributed by atoms with Gasteiger partial charge in [0.1, 0.15) is 0 Å². The maximum atomic E-state index is 13.1. The average molecular weight is 456 g/mol. The molecule has 0 saturated carbocycles. The molecule has 0 spiro atoms. The van der Waals surface area contributed by atoms with Crippen molar-refractivity contribution in [2.45, 2.75) is 20.3 Å². The normalized spacial score (nSPS) is 11.3. The summed E-state index contributed by atoms with van der Waals surface area (Å²) in [6.45, 7) is 7.06. The second-order valence-electron chi connectivity index (χ2n) is 8.92. The number of nitrogens with zero attached hydrogens (tertiary/aromatic N) is 3. The summed E-state index contributed by atoms with van der Waals surface area (Å²) in [7, 11) is 4.14. The molecule has 0 fully saturated rings. The molecule has 2 N–H and O–H groups in total. The highest BCUT2D eigenvalue weighted by Crippen LogP contribution is 2.27. The number of aryl methyl sites for hydroxylation is 2. The molecule has 34 heavy (non-hydrogen) atoms. The number of fused-ring (bicyclic) bond motifs is 1. The number of anilines is 1. The van der Waals surface area contributed by atoms with Gasteiger partial charge in [0.2, 0.25) is 0 Å². The molecule has 0 saturated heterocycles. The molecule has 0 aliphatic carbocycles. The third-order valence-electron chi connectivity index (χ3n) is 6.30. The first-order valence-corrected chi connectivity index (χ1v) is 11.8. The van der Waals surface area contributed by atoms with Crippen molar-refractivity contribution in [3.63, 3.8) is 0 Å². The molecule has 2 aromatic heterocycles. The number of pyridine rings is 1. The van der Waals surface area contributed by atoms with E-state index >= 15 is 0 Å². The van der Waals surface area contributed by atoms with Crippen LogP contribution in [0.3, 0.4) is 0 Å². The predicted molar refractivity (Wildman–Crippen MR) is 143 cm³/mol. The maximum absolute atomic E-state index is 13.1. The number of hydrogen-bond acceptors (Lipinski definition) is 4. The monoisotopic (exact) mass is 455 g/mol. The lowest BCUT2D eigenvalue weighted by molar-refractivity contribution is 0.348. The van der Waals surface area contributed by atoms with E-state index < -0.39 is 0 Å². The molecule has 0 amide bonds. The molecule has 176 valence electrons. The first kappa shape index (κ1) is 23.5. The molecule has 2 heterocycles. The topological polar surface area (TPSA) is 66.1 Å². The van der Waals surface area contributed by atoms with Crippen molar-refractivity contribution < 1.29 is 0 Å². The first-order valence-electron chi connectivity index (χ1n) is 11.8. The summed E-state index contributed by atoms with van der Waals surface area (Å²) in [5.74, 6) is 0. The van der Waals surface area contributed by atoms with Crippen LogP contribution < -0.4 is 10.9 Å². The Balaban J connectivity index is 1.59. The second-order valence-corrected chi connectivity index (χ2v) is 8.92. The van der Waals surface area contributed by atoms with E-state index in [9.17, 15) is 4.79 Å². The van der Waals surface area contributed by atoms with Gasteiger partial charge in [-0.2, -0.15) is 0 Å². The molecular formula is C28H33N5O. The second kappa shape index (κ2) is 10.1. The van der Waals surface area contributed by atoms with Crippen LogP contribution in [-0.4, -0.2) is 46.9 Å². The molecule has 0 atom stereocenters. The van der Waals surface area contributed by atoms with Gasteiger partial charge in [-0.15, -0.1) is 0 Å². The number of benzene rings is 2. The lowest BCUT2D eigenvalue weighted by atomic mass is 10.1. The molecule has 4 aromatic rings. The third-order valence-corrected chi connectivity index (χ3v) is 6.30. The standard InChI is InChI=1S/C28H33N5O/c1-5-12-31(3)14-11-30-25-8-7-24(16-23(25)19-29)33-13-10-21(18-28(33)34)27-17-22-15-20(2)6-9-26(22)32(27)4/h6-10,13,15-19,29-30H,5,11-12,14H2,1-4H3. The summed E-state index contributed by atoms with van der Waals surface area (Å²) in [5, 5.41) is 12.4. The summed E-state index contributed by atoms with van der Waals surface area (Å²) >= 11 is 0. The van der Waals surface area contributed by atoms with E-state index in [1.54, 1.807) is 10.6 Å². The van der Waals surface area contributed by atoms with Crippen molar-refractivity contribution >= 4 is 22.8 Å². The zero-order valence-corrected chi connectivity index (χ0v) is 20.4. The van der Waals surface area contributed by atoms with Gasteiger partial charge in [0, 0.05) is 77.7 Å². The summed E-state index contributed by atoms with van der Waals surface area (Å²) in [4.78, 5) is 15.3. The fourth-order valence-corrected chi connectivity index (χ4v) is 4.45. The van der Waals surface area contributed by atoms with Gasteiger partial charge in [0.25, 0.3) is 5.56 Å². The minimum Gasteiger partial charge on any atom is -0.383 e. The van der Waals surface area contributed by atoms with Gasteiger partial charge in [-0.1, -0.05) is 18.6 Å². The Kier molecular flexibility index (Phi) is 6.98. The van der Waals surface area contributed by atoms with Gasteiger partial charge in [-0.3, -0.25) is 9.36 Å². The van der Waals surface area contributed by atoms with Crippen LogP contribution in [0.25, 0.3) is 27.8 Å². The van der Waals surface area contributed by atoms with E-state index in [1.165, 1.54) is 17.2 Å². The summed E-state index contributed by atoms with van der Waals surface area (Å²) in [5.41, 5.74) is 6.57. The zero-order chi connectivity index (χ0) is 24.2. The third kappa shape index (κ3) is 4.82. The van der Waals surface area contributed by atoms with Crippen molar-refractivity contribution in [2.24, 2.45) is 7.05 Å². The molecule has 4 rings (SSSR count). The number of likely N-dealkylation sites (N-methyl/N-ethyl adjacent to an activating group) is 1. The maximum Gasteiger partial charge on any atom is 0.255 e. The Labute approximate surface area is 201 Å². The number of aromatic nitrogens is 2. The summed E-state index contributed by atoms with van der Waals surface area (Å²) in [6.07, 6.45) is 4.28. The van der Waals surface area contributed by atoms with Gasteiger partial charge >= 0.3 is 0 Å². The Hall–Kier alpha value is -3.64. The largest absolute Gasteiger partial charge is 0.383 e. The average Bonchev–Trinajstić information content (AvgIpc) is 3.14. The van der Waals surface area contributed by atoms with Crippen molar-refractivity contribution in [1.29, 1.82) is 5.41 Å². The molecule has 6 nitrogen and oxygen atoms in total. The highest BCUT2D eigenvalue weighted by molar-refractivity contribution is 5.88. The lowest BCUT2D eigenvalue weighted by Gasteiger charge is -2.17. The van der Waals surface area contributed by atoms with E-state index in [0.29, 0.717) is 0 Å². The van der Waals surface area contributed by atoms with Crippen LogP contribution >= 0.6 is 0 Å². The van der Waals surface area contributed by atoms with E-state index in [1.807, 2.05) is 37.5 Å². The molecule has 0 aliphatic rings. The van der Waals surface area contributed by atoms with Gasteiger partial charge in [0.05, 0.1) is 0 Å². The molecule has 2 aromatic carbocycles. The smallest absolute Gasteiger partial charge is 0.255 e. The Morgan fingerprint density at radius 1 is 1.06 bits per heavy atom. The van der Waals surface area contributed by atoms with E-state index in [4.69, 9.17) is 5.41 Å². The Morgan fingerprint density at radius 3 is 2.62 bits per heavy atom. The highest BCUT2D eigenvalue weighted by atomic mass is 16.1. The zero-order valence-electron chi connectivity index (χ0n) is 20.4. The molecule has 0 bridgehead atoms. The van der Waals surface area contributed by atoms with Crippen molar-refractivity contribution in [3.05, 3.63) is 82.3 Å². The highest BCUT2D eigenvalue weighted by Gasteiger charge is 2.11. The van der Waals surface area contributed by atoms with Crippen LogP contribution in [-0.2, 0) is 7.05 Å². The molecule has 0 aliphatic heterocycles. The van der Waals surface area contributed by atoms with Crippen LogP contribution in [0.4, 0.5) is 5.69 Å². The summed E-state index contributed by atoms with van der Waals surface area (Å²) < 4.78 is 3.75. The van der Waals surface area contributed by atoms with Crippen LogP contribution in [0.1, 0.15) is 24.5 Å². The van der Waals surface area contributed by atoms with Gasteiger partial charge < -0.3 is 20.2 Å². The van der Waals surface area contributed by atoms with Gasteiger partial charge in [-0.25, -0.2) is 0 Å². The Morgan fingerprint density at radius 2 is 1.88 bits per heavy atom. The lowest BCUT2D eigenvalue weighted by Crippen LogP contribution is -2.26. The molecule has 0 radical (unpaired) electrons. The van der Waals surface area contributed by atoms with Gasteiger partial charge in [-0.05, 0) is 69.4 Å². The SMILES string of the molecule is CCCN(C)CCNc1ccc(-n2ccc(-c3cc4cc(C)ccc4n3C)cc2=O)cc1C=N. The fraction of sp³-hybridized carbons (Fsp3) is 0.286. The molecule has 0 unspecified atom stereocenters. The van der Waals surface area contributed by atoms with Crippen LogP contribution in [0.2, 0.25) is 0 Å². The van der Waals surface area contributed by atoms with Crippen LogP contribution in [0.15, 0.2) is 65.6 Å². The van der Waals surface area contributed by atoms with Crippen molar-refractivity contribution in [3.8, 4) is 16.9 Å². The molecular weight excluding hydrogens is 422 g/mol. The van der Waals surface area contributed by atoms with Crippen LogP contribution in [0, 0.1) is 12.3 Å². The van der Waals surface area contributed by atoms with E-state index in [-0.39, 0.29) is 5.56 Å². The predicted octanol–water partition coefficient (Wildman–Crippen LogP) is 5.06. The number of hydrogen-bond donors (Lipinski definition) is 2. The van der Waals surface area contributed by atoms with Crippen molar-refractivity contribution in [2.75, 3.05) is 32.0 Å². The van der Waals surface area contributed by atoms with E-state index in [2.05, 4.69) is 59.9 Å². The Bertz CT molecular complexity index is 1380. The first-order chi connectivity index (χ1) is 16.4.